The zero-order valence-electron chi connectivity index (χ0n) is 11.9. The van der Waals surface area contributed by atoms with E-state index >= 15 is 0 Å². The van der Waals surface area contributed by atoms with Gasteiger partial charge in [0.15, 0.2) is 9.84 Å². The second kappa shape index (κ2) is 5.74. The molecule has 0 bridgehead atoms. The van der Waals surface area contributed by atoms with Crippen molar-refractivity contribution in [3.63, 3.8) is 0 Å². The second-order valence-corrected chi connectivity index (χ2v) is 7.60. The number of carbonyl (C=O) groups is 1. The van der Waals surface area contributed by atoms with Crippen molar-refractivity contribution >= 4 is 15.7 Å². The Hall–Kier alpha value is -1.36. The first-order chi connectivity index (χ1) is 8.67. The molecule has 4 nitrogen and oxygen atoms in total. The van der Waals surface area contributed by atoms with Gasteiger partial charge in [-0.3, -0.25) is 4.79 Å². The molecule has 1 amide bonds. The van der Waals surface area contributed by atoms with Crippen LogP contribution in [-0.4, -0.2) is 25.6 Å². The van der Waals surface area contributed by atoms with E-state index in [2.05, 4.69) is 5.32 Å². The number of rotatable bonds is 4. The van der Waals surface area contributed by atoms with Gasteiger partial charge < -0.3 is 5.32 Å². The molecule has 0 fully saturated rings. The second-order valence-electron chi connectivity index (χ2n) is 5.52. The molecule has 1 N–H and O–H groups in total. The molecule has 0 spiro atoms. The van der Waals surface area contributed by atoms with Crippen molar-refractivity contribution in [2.45, 2.75) is 44.6 Å². The van der Waals surface area contributed by atoms with Gasteiger partial charge in [-0.15, -0.1) is 0 Å². The summed E-state index contributed by atoms with van der Waals surface area (Å²) in [5.74, 6) is -0.310. The highest BCUT2D eigenvalue weighted by Gasteiger charge is 2.23. The summed E-state index contributed by atoms with van der Waals surface area (Å²) in [6.45, 7) is 7.37. The van der Waals surface area contributed by atoms with Crippen LogP contribution in [0.5, 0.6) is 0 Å². The van der Waals surface area contributed by atoms with Crippen LogP contribution in [0.2, 0.25) is 0 Å². The van der Waals surface area contributed by atoms with E-state index in [-0.39, 0.29) is 22.1 Å². The molecular weight excluding hydrogens is 262 g/mol. The number of amides is 1. The largest absolute Gasteiger partial charge is 0.347 e. The van der Waals surface area contributed by atoms with Crippen molar-refractivity contribution in [1.82, 2.24) is 5.32 Å². The van der Waals surface area contributed by atoms with E-state index in [1.54, 1.807) is 25.1 Å². The standard InChI is InChI=1S/C14H21NO3S/c1-5-10-19(17,18)12-9-7-6-8-11(12)13(16)15-14(2,3)4/h6-9H,5,10H2,1-4H3,(H,15,16). The van der Waals surface area contributed by atoms with Crippen molar-refractivity contribution in [3.05, 3.63) is 29.8 Å². The first-order valence-corrected chi connectivity index (χ1v) is 7.97. The summed E-state index contributed by atoms with van der Waals surface area (Å²) >= 11 is 0. The lowest BCUT2D eigenvalue weighted by Crippen LogP contribution is -2.41. The highest BCUT2D eigenvalue weighted by molar-refractivity contribution is 7.91. The van der Waals surface area contributed by atoms with E-state index in [1.165, 1.54) is 6.07 Å². The fourth-order valence-electron chi connectivity index (χ4n) is 1.71. The zero-order valence-corrected chi connectivity index (χ0v) is 12.7. The van der Waals surface area contributed by atoms with Gasteiger partial charge in [0.25, 0.3) is 5.91 Å². The molecule has 0 unspecified atom stereocenters. The average molecular weight is 283 g/mol. The van der Waals surface area contributed by atoms with Crippen LogP contribution in [-0.2, 0) is 9.84 Å². The lowest BCUT2D eigenvalue weighted by molar-refractivity contribution is 0.0916. The highest BCUT2D eigenvalue weighted by Crippen LogP contribution is 2.18. The Morgan fingerprint density at radius 3 is 2.32 bits per heavy atom. The molecule has 0 aliphatic heterocycles. The Morgan fingerprint density at radius 1 is 1.21 bits per heavy atom. The van der Waals surface area contributed by atoms with Gasteiger partial charge in [0.05, 0.1) is 16.2 Å². The van der Waals surface area contributed by atoms with E-state index in [4.69, 9.17) is 0 Å². The number of sulfone groups is 1. The molecule has 0 saturated carbocycles. The van der Waals surface area contributed by atoms with Crippen molar-refractivity contribution in [1.29, 1.82) is 0 Å². The summed E-state index contributed by atoms with van der Waals surface area (Å²) in [6, 6.07) is 6.34. The van der Waals surface area contributed by atoms with Crippen molar-refractivity contribution in [2.75, 3.05) is 5.75 Å². The van der Waals surface area contributed by atoms with Crippen LogP contribution in [0, 0.1) is 0 Å². The Kier molecular flexibility index (Phi) is 4.74. The van der Waals surface area contributed by atoms with Crippen LogP contribution in [0.1, 0.15) is 44.5 Å². The number of hydrogen-bond acceptors (Lipinski definition) is 3. The third-order valence-electron chi connectivity index (χ3n) is 2.43. The Bertz CT molecular complexity index is 556. The fourth-order valence-corrected chi connectivity index (χ4v) is 3.25. The van der Waals surface area contributed by atoms with E-state index in [0.717, 1.165) is 0 Å². The molecule has 1 aromatic carbocycles. The summed E-state index contributed by atoms with van der Waals surface area (Å²) in [5.41, 5.74) is -0.190. The molecular formula is C14H21NO3S. The summed E-state index contributed by atoms with van der Waals surface area (Å²) in [5, 5.41) is 2.79. The van der Waals surface area contributed by atoms with Gasteiger partial charge >= 0.3 is 0 Å². The molecule has 1 aromatic rings. The van der Waals surface area contributed by atoms with Gasteiger partial charge in [0, 0.05) is 5.54 Å². The van der Waals surface area contributed by atoms with Gasteiger partial charge in [-0.1, -0.05) is 19.1 Å². The maximum Gasteiger partial charge on any atom is 0.253 e. The Labute approximate surface area is 115 Å². The van der Waals surface area contributed by atoms with Gasteiger partial charge in [0.2, 0.25) is 0 Å². The molecule has 0 aliphatic rings. The first-order valence-electron chi connectivity index (χ1n) is 6.31. The highest BCUT2D eigenvalue weighted by atomic mass is 32.2. The van der Waals surface area contributed by atoms with Gasteiger partial charge in [-0.05, 0) is 39.3 Å². The Balaban J connectivity index is 3.20. The van der Waals surface area contributed by atoms with E-state index in [9.17, 15) is 13.2 Å². The summed E-state index contributed by atoms with van der Waals surface area (Å²) in [6.07, 6.45) is 0.525. The van der Waals surface area contributed by atoms with E-state index < -0.39 is 15.4 Å². The summed E-state index contributed by atoms with van der Waals surface area (Å²) in [7, 11) is -3.40. The third-order valence-corrected chi connectivity index (χ3v) is 4.40. The maximum atomic E-state index is 12.2. The normalized spacial score (nSPS) is 12.2. The van der Waals surface area contributed by atoms with Crippen molar-refractivity contribution in [3.8, 4) is 0 Å². The molecule has 19 heavy (non-hydrogen) atoms. The quantitative estimate of drug-likeness (QED) is 0.923. The number of benzene rings is 1. The van der Waals surface area contributed by atoms with Crippen LogP contribution < -0.4 is 5.32 Å². The van der Waals surface area contributed by atoms with Crippen LogP contribution in [0.3, 0.4) is 0 Å². The molecule has 0 atom stereocenters. The number of carbonyl (C=O) groups excluding carboxylic acids is 1. The first kappa shape index (κ1) is 15.7. The molecule has 0 heterocycles. The van der Waals surface area contributed by atoms with E-state index in [1.807, 2.05) is 20.8 Å². The maximum absolute atomic E-state index is 12.2. The minimum absolute atomic E-state index is 0.0484. The minimum atomic E-state index is -3.40. The summed E-state index contributed by atoms with van der Waals surface area (Å²) < 4.78 is 24.3. The van der Waals surface area contributed by atoms with E-state index in [0.29, 0.717) is 6.42 Å². The van der Waals surface area contributed by atoms with Crippen LogP contribution in [0.4, 0.5) is 0 Å². The van der Waals surface area contributed by atoms with Gasteiger partial charge in [-0.2, -0.15) is 0 Å². The topological polar surface area (TPSA) is 63.2 Å². The minimum Gasteiger partial charge on any atom is -0.347 e. The predicted octanol–water partition coefficient (Wildman–Crippen LogP) is 2.40. The fraction of sp³-hybridized carbons (Fsp3) is 0.500. The number of nitrogens with one attached hydrogen (secondary N) is 1. The smallest absolute Gasteiger partial charge is 0.253 e. The number of hydrogen-bond donors (Lipinski definition) is 1. The van der Waals surface area contributed by atoms with Crippen molar-refractivity contribution < 1.29 is 13.2 Å². The molecule has 0 aromatic heterocycles. The molecule has 106 valence electrons. The molecule has 0 radical (unpaired) electrons. The summed E-state index contributed by atoms with van der Waals surface area (Å²) in [4.78, 5) is 12.3. The molecule has 5 heteroatoms. The molecule has 1 rings (SSSR count). The van der Waals surface area contributed by atoms with Gasteiger partial charge in [0.1, 0.15) is 0 Å². The van der Waals surface area contributed by atoms with Crippen LogP contribution in [0.25, 0.3) is 0 Å². The van der Waals surface area contributed by atoms with Gasteiger partial charge in [-0.25, -0.2) is 8.42 Å². The average Bonchev–Trinajstić information content (AvgIpc) is 2.26. The SMILES string of the molecule is CCCS(=O)(=O)c1ccccc1C(=O)NC(C)(C)C. The molecule has 0 saturated heterocycles. The zero-order chi connectivity index (χ0) is 14.7. The van der Waals surface area contributed by atoms with Crippen molar-refractivity contribution in [2.24, 2.45) is 0 Å². The lowest BCUT2D eigenvalue weighted by atomic mass is 10.1. The Morgan fingerprint density at radius 2 is 1.79 bits per heavy atom. The van der Waals surface area contributed by atoms with Crippen LogP contribution >= 0.6 is 0 Å². The van der Waals surface area contributed by atoms with Crippen LogP contribution in [0.15, 0.2) is 29.2 Å². The molecule has 0 aliphatic carbocycles. The monoisotopic (exact) mass is 283 g/mol. The third kappa shape index (κ3) is 4.35. The predicted molar refractivity (Wildman–Crippen MR) is 76.0 cm³/mol. The lowest BCUT2D eigenvalue weighted by Gasteiger charge is -2.21.